The van der Waals surface area contributed by atoms with Gasteiger partial charge in [-0.2, -0.15) is 0 Å². The van der Waals surface area contributed by atoms with Crippen molar-refractivity contribution in [3.05, 3.63) is 76.2 Å². The topological polar surface area (TPSA) is 108 Å². The largest absolute Gasteiger partial charge is 0.455 e. The van der Waals surface area contributed by atoms with E-state index in [1.54, 1.807) is 0 Å². The second-order valence-electron chi connectivity index (χ2n) is 6.69. The molecule has 0 saturated heterocycles. The zero-order valence-corrected chi connectivity index (χ0v) is 16.1. The summed E-state index contributed by atoms with van der Waals surface area (Å²) in [7, 11) is 0. The summed E-state index contributed by atoms with van der Waals surface area (Å²) in [5.41, 5.74) is 1.42. The minimum Gasteiger partial charge on any atom is -0.455 e. The van der Waals surface area contributed by atoms with Crippen molar-refractivity contribution < 1.29 is 18.9 Å². The summed E-state index contributed by atoms with van der Waals surface area (Å²) in [4.78, 5) is 23.0. The number of non-ortho nitro benzene ring substituents is 1. The van der Waals surface area contributed by atoms with Crippen molar-refractivity contribution in [1.29, 1.82) is 0 Å². The van der Waals surface area contributed by atoms with Crippen LogP contribution in [0.1, 0.15) is 37.6 Å². The molecule has 0 spiro atoms. The van der Waals surface area contributed by atoms with Crippen LogP contribution in [0.25, 0.3) is 11.5 Å². The molecule has 8 heteroatoms. The third-order valence-corrected chi connectivity index (χ3v) is 4.76. The van der Waals surface area contributed by atoms with Crippen molar-refractivity contribution in [2.75, 3.05) is 0 Å². The molecular weight excluding hydrogens is 374 g/mol. The van der Waals surface area contributed by atoms with Crippen LogP contribution in [0.15, 0.2) is 59.0 Å². The Hall–Kier alpha value is -3.55. The summed E-state index contributed by atoms with van der Waals surface area (Å²) in [6, 6.07) is 15.3. The number of carbonyl (C=O) groups excluding carboxylic acids is 1. The van der Waals surface area contributed by atoms with Crippen LogP contribution in [-0.2, 0) is 16.1 Å². The van der Waals surface area contributed by atoms with Gasteiger partial charge in [-0.1, -0.05) is 50.6 Å². The number of rotatable bonds is 8. The Kier molecular flexibility index (Phi) is 6.33. The van der Waals surface area contributed by atoms with Gasteiger partial charge < -0.3 is 9.15 Å². The van der Waals surface area contributed by atoms with E-state index in [1.807, 2.05) is 44.2 Å². The van der Waals surface area contributed by atoms with Crippen LogP contribution in [0.4, 0.5) is 5.69 Å². The molecule has 1 aromatic heterocycles. The van der Waals surface area contributed by atoms with Crippen molar-refractivity contribution in [2.45, 2.75) is 32.8 Å². The van der Waals surface area contributed by atoms with E-state index in [1.165, 1.54) is 24.3 Å². The smallest absolute Gasteiger partial charge is 0.314 e. The van der Waals surface area contributed by atoms with Crippen LogP contribution in [0.3, 0.4) is 0 Å². The zero-order chi connectivity index (χ0) is 20.8. The summed E-state index contributed by atoms with van der Waals surface area (Å²) >= 11 is 0. The Labute approximate surface area is 167 Å². The molecule has 2 atom stereocenters. The standard InChI is InChI=1S/C21H21N3O5/c1-3-14(2)19(15-7-5-4-6-8-15)21(25)28-13-18-22-23-20(29-18)16-9-11-17(12-10-16)24(26)27/h4-12,14,19H,3,13H2,1-2H3/t14-,19+/m1/s1. The Morgan fingerprint density at radius 2 is 1.83 bits per heavy atom. The van der Waals surface area contributed by atoms with Gasteiger partial charge in [-0.05, 0) is 23.6 Å². The van der Waals surface area contributed by atoms with Crippen LogP contribution in [0, 0.1) is 16.0 Å². The normalized spacial score (nSPS) is 12.9. The Morgan fingerprint density at radius 1 is 1.14 bits per heavy atom. The number of esters is 1. The molecule has 29 heavy (non-hydrogen) atoms. The summed E-state index contributed by atoms with van der Waals surface area (Å²) in [5.74, 6) is -0.252. The van der Waals surface area contributed by atoms with Crippen molar-refractivity contribution in [3.63, 3.8) is 0 Å². The van der Waals surface area contributed by atoms with E-state index in [0.717, 1.165) is 12.0 Å². The lowest BCUT2D eigenvalue weighted by Gasteiger charge is -2.21. The fourth-order valence-corrected chi connectivity index (χ4v) is 2.97. The lowest BCUT2D eigenvalue weighted by molar-refractivity contribution is -0.384. The highest BCUT2D eigenvalue weighted by Crippen LogP contribution is 2.29. The zero-order valence-electron chi connectivity index (χ0n) is 16.1. The molecule has 0 unspecified atom stereocenters. The van der Waals surface area contributed by atoms with Crippen LogP contribution in [0.2, 0.25) is 0 Å². The summed E-state index contributed by atoms with van der Waals surface area (Å²) in [5, 5.41) is 18.5. The fourth-order valence-electron chi connectivity index (χ4n) is 2.97. The van der Waals surface area contributed by atoms with Gasteiger partial charge in [-0.3, -0.25) is 14.9 Å². The van der Waals surface area contributed by atoms with Crippen LogP contribution in [-0.4, -0.2) is 21.1 Å². The number of ether oxygens (including phenoxy) is 1. The van der Waals surface area contributed by atoms with Gasteiger partial charge in [0.2, 0.25) is 5.89 Å². The molecule has 0 N–H and O–H groups in total. The fraction of sp³-hybridized carbons (Fsp3) is 0.286. The maximum atomic E-state index is 12.7. The van der Waals surface area contributed by atoms with Crippen molar-refractivity contribution >= 4 is 11.7 Å². The predicted molar refractivity (Wildman–Crippen MR) is 105 cm³/mol. The second-order valence-corrected chi connectivity index (χ2v) is 6.69. The molecule has 0 aliphatic carbocycles. The van der Waals surface area contributed by atoms with E-state index in [-0.39, 0.29) is 41.9 Å². The van der Waals surface area contributed by atoms with Gasteiger partial charge in [0.25, 0.3) is 11.6 Å². The van der Waals surface area contributed by atoms with Crippen molar-refractivity contribution in [1.82, 2.24) is 10.2 Å². The molecule has 0 saturated carbocycles. The monoisotopic (exact) mass is 395 g/mol. The Morgan fingerprint density at radius 3 is 2.45 bits per heavy atom. The maximum Gasteiger partial charge on any atom is 0.314 e. The van der Waals surface area contributed by atoms with Crippen LogP contribution in [0.5, 0.6) is 0 Å². The van der Waals surface area contributed by atoms with E-state index in [2.05, 4.69) is 10.2 Å². The SMILES string of the molecule is CC[C@@H](C)[C@H](C(=O)OCc1nnc(-c2ccc([N+](=O)[O-])cc2)o1)c1ccccc1. The van der Waals surface area contributed by atoms with E-state index in [9.17, 15) is 14.9 Å². The summed E-state index contributed by atoms with van der Waals surface area (Å²) < 4.78 is 11.0. The molecule has 8 nitrogen and oxygen atoms in total. The highest BCUT2D eigenvalue weighted by Gasteiger charge is 2.27. The molecule has 3 aromatic rings. The number of nitro benzene ring substituents is 1. The van der Waals surface area contributed by atoms with Crippen molar-refractivity contribution in [2.24, 2.45) is 5.92 Å². The van der Waals surface area contributed by atoms with E-state index >= 15 is 0 Å². The van der Waals surface area contributed by atoms with Crippen LogP contribution >= 0.6 is 0 Å². The van der Waals surface area contributed by atoms with Gasteiger partial charge in [0.05, 0.1) is 10.8 Å². The maximum absolute atomic E-state index is 12.7. The van der Waals surface area contributed by atoms with Gasteiger partial charge in [-0.25, -0.2) is 0 Å². The number of hydrogen-bond acceptors (Lipinski definition) is 7. The first-order valence-electron chi connectivity index (χ1n) is 9.28. The number of hydrogen-bond donors (Lipinski definition) is 0. The van der Waals surface area contributed by atoms with Gasteiger partial charge in [0.1, 0.15) is 0 Å². The lowest BCUT2D eigenvalue weighted by atomic mass is 9.86. The third-order valence-electron chi connectivity index (χ3n) is 4.76. The van der Waals surface area contributed by atoms with Gasteiger partial charge in [0.15, 0.2) is 6.61 Å². The van der Waals surface area contributed by atoms with Crippen molar-refractivity contribution in [3.8, 4) is 11.5 Å². The number of nitro groups is 1. The lowest BCUT2D eigenvalue weighted by Crippen LogP contribution is -2.22. The van der Waals surface area contributed by atoms with E-state index in [0.29, 0.717) is 5.56 Å². The highest BCUT2D eigenvalue weighted by molar-refractivity contribution is 5.78. The number of carbonyl (C=O) groups is 1. The molecule has 2 aromatic carbocycles. The molecule has 0 fully saturated rings. The highest BCUT2D eigenvalue weighted by atomic mass is 16.6. The molecule has 0 aliphatic rings. The average Bonchev–Trinajstić information content (AvgIpc) is 3.22. The van der Waals surface area contributed by atoms with E-state index < -0.39 is 4.92 Å². The quantitative estimate of drug-likeness (QED) is 0.313. The van der Waals surface area contributed by atoms with Crippen LogP contribution < -0.4 is 0 Å². The molecule has 0 bridgehead atoms. The molecule has 1 heterocycles. The minimum atomic E-state index is -0.483. The summed E-state index contributed by atoms with van der Waals surface area (Å²) in [6.45, 7) is 3.90. The van der Waals surface area contributed by atoms with Gasteiger partial charge >= 0.3 is 5.97 Å². The second kappa shape index (κ2) is 9.09. The average molecular weight is 395 g/mol. The molecule has 0 radical (unpaired) electrons. The molecule has 0 aliphatic heterocycles. The van der Waals surface area contributed by atoms with E-state index in [4.69, 9.17) is 9.15 Å². The summed E-state index contributed by atoms with van der Waals surface area (Å²) in [6.07, 6.45) is 0.833. The molecular formula is C21H21N3O5. The number of aromatic nitrogens is 2. The Balaban J connectivity index is 1.67. The Bertz CT molecular complexity index is 969. The first-order chi connectivity index (χ1) is 14.0. The third kappa shape index (κ3) is 4.84. The number of benzene rings is 2. The first kappa shape index (κ1) is 20.2. The predicted octanol–water partition coefficient (Wildman–Crippen LogP) is 4.52. The molecule has 0 amide bonds. The minimum absolute atomic E-state index is 0.0283. The first-order valence-corrected chi connectivity index (χ1v) is 9.28. The van der Waals surface area contributed by atoms with Gasteiger partial charge in [0, 0.05) is 17.7 Å². The molecule has 3 rings (SSSR count). The molecule has 150 valence electrons. The van der Waals surface area contributed by atoms with Gasteiger partial charge in [-0.15, -0.1) is 10.2 Å². The number of nitrogens with zero attached hydrogens (tertiary/aromatic N) is 3.